The Kier molecular flexibility index (Phi) is 7.04. The van der Waals surface area contributed by atoms with Gasteiger partial charge in [0.2, 0.25) is 0 Å². The molecular weight excluding hydrogens is 639 g/mol. The zero-order chi connectivity index (χ0) is 33.7. The molecule has 0 spiro atoms. The van der Waals surface area contributed by atoms with Gasteiger partial charge < -0.3 is 9.32 Å². The summed E-state index contributed by atoms with van der Waals surface area (Å²) in [5.74, 6) is 0. The number of hydrogen-bond acceptors (Lipinski definition) is 3. The predicted octanol–water partition coefficient (Wildman–Crippen LogP) is 14.4. The van der Waals surface area contributed by atoms with E-state index in [0.29, 0.717) is 0 Å². The number of thiophene rings is 1. The van der Waals surface area contributed by atoms with Gasteiger partial charge in [-0.25, -0.2) is 0 Å². The van der Waals surface area contributed by atoms with Crippen LogP contribution in [0.4, 0.5) is 17.1 Å². The second kappa shape index (κ2) is 12.2. The monoisotopic (exact) mass is 669 g/mol. The fourth-order valence-corrected chi connectivity index (χ4v) is 8.54. The molecule has 0 aliphatic heterocycles. The molecule has 10 aromatic rings. The summed E-state index contributed by atoms with van der Waals surface area (Å²) in [7, 11) is 0. The molecule has 0 fully saturated rings. The summed E-state index contributed by atoms with van der Waals surface area (Å²) in [4.78, 5) is 2.41. The van der Waals surface area contributed by atoms with Gasteiger partial charge in [-0.2, -0.15) is 0 Å². The largest absolute Gasteiger partial charge is 0.455 e. The molecule has 0 aliphatic rings. The van der Waals surface area contributed by atoms with Gasteiger partial charge in [-0.05, 0) is 70.8 Å². The van der Waals surface area contributed by atoms with Crippen molar-refractivity contribution in [2.24, 2.45) is 0 Å². The lowest BCUT2D eigenvalue weighted by Crippen LogP contribution is -2.11. The highest BCUT2D eigenvalue weighted by Gasteiger charge is 2.21. The fourth-order valence-electron chi connectivity index (χ4n) is 7.42. The van der Waals surface area contributed by atoms with Gasteiger partial charge >= 0.3 is 0 Å². The Morgan fingerprint density at radius 3 is 1.69 bits per heavy atom. The molecule has 0 amide bonds. The van der Waals surface area contributed by atoms with E-state index in [1.165, 1.54) is 42.4 Å². The maximum Gasteiger partial charge on any atom is 0.143 e. The molecule has 0 saturated carbocycles. The molecule has 0 saturated heterocycles. The lowest BCUT2D eigenvalue weighted by molar-refractivity contribution is 0.670. The SMILES string of the molecule is c1ccc(-c2ccc(N(c3ccc(-c4cccc5c4oc4ccccc45)cc3)c3cc4sc5ccccc5c4cc3-c3ccccc3)cc2)cc1. The first-order valence-electron chi connectivity index (χ1n) is 17.3. The molecule has 8 aromatic carbocycles. The highest BCUT2D eigenvalue weighted by Crippen LogP contribution is 2.47. The van der Waals surface area contributed by atoms with Gasteiger partial charge in [-0.15, -0.1) is 11.3 Å². The Labute approximate surface area is 300 Å². The summed E-state index contributed by atoms with van der Waals surface area (Å²) in [6.07, 6.45) is 0. The minimum absolute atomic E-state index is 0.909. The van der Waals surface area contributed by atoms with Crippen LogP contribution in [0.15, 0.2) is 192 Å². The van der Waals surface area contributed by atoms with Crippen LogP contribution in [0.3, 0.4) is 0 Å². The number of hydrogen-bond donors (Lipinski definition) is 0. The maximum atomic E-state index is 6.42. The van der Waals surface area contributed by atoms with Crippen LogP contribution >= 0.6 is 11.3 Å². The van der Waals surface area contributed by atoms with Gasteiger partial charge in [0.25, 0.3) is 0 Å². The van der Waals surface area contributed by atoms with Gasteiger partial charge in [-0.1, -0.05) is 140 Å². The van der Waals surface area contributed by atoms with Crippen LogP contribution in [-0.2, 0) is 0 Å². The number of furan rings is 1. The highest BCUT2D eigenvalue weighted by molar-refractivity contribution is 7.25. The third-order valence-corrected chi connectivity index (χ3v) is 11.0. The predicted molar refractivity (Wildman–Crippen MR) is 218 cm³/mol. The Balaban J connectivity index is 1.17. The van der Waals surface area contributed by atoms with Gasteiger partial charge in [0, 0.05) is 53.4 Å². The smallest absolute Gasteiger partial charge is 0.143 e. The third kappa shape index (κ3) is 5.10. The Morgan fingerprint density at radius 2 is 0.941 bits per heavy atom. The van der Waals surface area contributed by atoms with Crippen molar-refractivity contribution in [1.82, 2.24) is 0 Å². The molecule has 0 bridgehead atoms. The van der Waals surface area contributed by atoms with Crippen LogP contribution in [-0.4, -0.2) is 0 Å². The van der Waals surface area contributed by atoms with Gasteiger partial charge in [0.15, 0.2) is 0 Å². The van der Waals surface area contributed by atoms with E-state index < -0.39 is 0 Å². The fraction of sp³-hybridized carbons (Fsp3) is 0. The lowest BCUT2D eigenvalue weighted by atomic mass is 9.98. The van der Waals surface area contributed by atoms with Crippen LogP contribution < -0.4 is 4.90 Å². The average Bonchev–Trinajstić information content (AvgIpc) is 3.77. The molecule has 0 unspecified atom stereocenters. The zero-order valence-corrected chi connectivity index (χ0v) is 28.5. The van der Waals surface area contributed by atoms with Crippen LogP contribution in [0.1, 0.15) is 0 Å². The highest BCUT2D eigenvalue weighted by atomic mass is 32.1. The van der Waals surface area contributed by atoms with E-state index in [2.05, 4.69) is 181 Å². The molecule has 2 heterocycles. The van der Waals surface area contributed by atoms with Crippen molar-refractivity contribution in [3.63, 3.8) is 0 Å². The minimum atomic E-state index is 0.909. The summed E-state index contributed by atoms with van der Waals surface area (Å²) in [5.41, 5.74) is 12.1. The first kappa shape index (κ1) is 29.5. The van der Waals surface area contributed by atoms with Crippen molar-refractivity contribution in [2.45, 2.75) is 0 Å². The summed E-state index contributed by atoms with van der Waals surface area (Å²) < 4.78 is 8.99. The van der Waals surface area contributed by atoms with Gasteiger partial charge in [0.05, 0.1) is 5.69 Å². The molecule has 2 aromatic heterocycles. The van der Waals surface area contributed by atoms with Crippen molar-refractivity contribution in [2.75, 3.05) is 4.90 Å². The zero-order valence-electron chi connectivity index (χ0n) is 27.7. The third-order valence-electron chi connectivity index (χ3n) is 9.89. The van der Waals surface area contributed by atoms with Crippen LogP contribution in [0, 0.1) is 0 Å². The molecule has 2 nitrogen and oxygen atoms in total. The maximum absolute atomic E-state index is 6.42. The number of benzene rings is 8. The average molecular weight is 670 g/mol. The number of fused-ring (bicyclic) bond motifs is 6. The van der Waals surface area contributed by atoms with E-state index in [0.717, 1.165) is 50.1 Å². The van der Waals surface area contributed by atoms with E-state index in [1.807, 2.05) is 23.5 Å². The number of anilines is 3. The Bertz CT molecular complexity index is 2830. The van der Waals surface area contributed by atoms with Crippen molar-refractivity contribution in [3.8, 4) is 33.4 Å². The van der Waals surface area contributed by atoms with Crippen molar-refractivity contribution >= 4 is 70.5 Å². The van der Waals surface area contributed by atoms with E-state index in [1.54, 1.807) is 0 Å². The van der Waals surface area contributed by atoms with E-state index >= 15 is 0 Å². The van der Waals surface area contributed by atoms with E-state index in [-0.39, 0.29) is 0 Å². The van der Waals surface area contributed by atoms with Crippen molar-refractivity contribution in [1.29, 1.82) is 0 Å². The molecule has 0 atom stereocenters. The minimum Gasteiger partial charge on any atom is -0.455 e. The van der Waals surface area contributed by atoms with Gasteiger partial charge in [0.1, 0.15) is 11.2 Å². The quantitative estimate of drug-likeness (QED) is 0.175. The Morgan fingerprint density at radius 1 is 0.373 bits per heavy atom. The number of para-hydroxylation sites is 2. The van der Waals surface area contributed by atoms with Crippen molar-refractivity contribution < 1.29 is 4.42 Å². The summed E-state index contributed by atoms with van der Waals surface area (Å²) >= 11 is 1.85. The molecule has 0 radical (unpaired) electrons. The number of rotatable bonds is 6. The first-order valence-corrected chi connectivity index (χ1v) is 18.1. The molecule has 240 valence electrons. The normalized spacial score (nSPS) is 11.5. The van der Waals surface area contributed by atoms with Crippen LogP contribution in [0.25, 0.3) is 75.5 Å². The van der Waals surface area contributed by atoms with Crippen molar-refractivity contribution in [3.05, 3.63) is 188 Å². The first-order chi connectivity index (χ1) is 25.3. The molecule has 0 N–H and O–H groups in total. The number of nitrogens with zero attached hydrogens (tertiary/aromatic N) is 1. The lowest BCUT2D eigenvalue weighted by Gasteiger charge is -2.28. The summed E-state index contributed by atoms with van der Waals surface area (Å²) in [6, 6.07) is 67.4. The molecule has 0 aliphatic carbocycles. The van der Waals surface area contributed by atoms with Crippen LogP contribution in [0.5, 0.6) is 0 Å². The topological polar surface area (TPSA) is 16.4 Å². The van der Waals surface area contributed by atoms with E-state index in [4.69, 9.17) is 4.42 Å². The summed E-state index contributed by atoms with van der Waals surface area (Å²) in [6.45, 7) is 0. The van der Waals surface area contributed by atoms with E-state index in [9.17, 15) is 0 Å². The van der Waals surface area contributed by atoms with Crippen LogP contribution in [0.2, 0.25) is 0 Å². The molecule has 10 rings (SSSR count). The second-order valence-corrected chi connectivity index (χ2v) is 14.0. The molecular formula is C48H31NOS. The molecule has 3 heteroatoms. The standard InChI is InChI=1S/C48H31NOS/c1-3-12-32(13-4-1)33-22-26-36(27-23-33)49(37-28-24-35(25-29-37)38-18-11-19-41-39-16-7-9-20-45(39)50-48(38)41)44-31-47-43(40-17-8-10-21-46(40)51-47)30-42(44)34-14-5-2-6-15-34/h1-31H. The van der Waals surface area contributed by atoms with Gasteiger partial charge in [-0.3, -0.25) is 0 Å². The molecule has 51 heavy (non-hydrogen) atoms. The Hall–Kier alpha value is -6.42. The summed E-state index contributed by atoms with van der Waals surface area (Å²) in [5, 5.41) is 4.86. The second-order valence-electron chi connectivity index (χ2n) is 12.9.